The zero-order valence-corrected chi connectivity index (χ0v) is 11.6. The SMILES string of the molecule is CNC(Cn1cc(C)cn1)c1ccc(C)cc1C. The van der Waals surface area contributed by atoms with Crippen molar-refractivity contribution in [2.45, 2.75) is 33.4 Å². The summed E-state index contributed by atoms with van der Waals surface area (Å²) >= 11 is 0. The lowest BCUT2D eigenvalue weighted by Gasteiger charge is -2.19. The Kier molecular flexibility index (Phi) is 3.82. The molecule has 0 saturated heterocycles. The second-order valence-corrected chi connectivity index (χ2v) is 4.94. The average molecular weight is 243 g/mol. The van der Waals surface area contributed by atoms with Gasteiger partial charge in [0.2, 0.25) is 0 Å². The molecule has 0 bridgehead atoms. The Bertz CT molecular complexity index is 528. The van der Waals surface area contributed by atoms with Gasteiger partial charge in [0.25, 0.3) is 0 Å². The highest BCUT2D eigenvalue weighted by Crippen LogP contribution is 2.20. The van der Waals surface area contributed by atoms with E-state index in [1.807, 2.05) is 17.9 Å². The highest BCUT2D eigenvalue weighted by atomic mass is 15.3. The number of hydrogen-bond donors (Lipinski definition) is 1. The molecule has 1 aromatic carbocycles. The van der Waals surface area contributed by atoms with Crippen LogP contribution in [0.15, 0.2) is 30.6 Å². The molecule has 0 spiro atoms. The summed E-state index contributed by atoms with van der Waals surface area (Å²) in [5.74, 6) is 0. The molecule has 0 aliphatic rings. The second kappa shape index (κ2) is 5.36. The molecule has 0 saturated carbocycles. The maximum Gasteiger partial charge on any atom is 0.0604 e. The first-order chi connectivity index (χ1) is 8.60. The van der Waals surface area contributed by atoms with Crippen LogP contribution in [-0.4, -0.2) is 16.8 Å². The molecule has 3 nitrogen and oxygen atoms in total. The van der Waals surface area contributed by atoms with Crippen molar-refractivity contribution in [2.75, 3.05) is 7.05 Å². The van der Waals surface area contributed by atoms with E-state index in [-0.39, 0.29) is 0 Å². The van der Waals surface area contributed by atoms with Crippen molar-refractivity contribution in [3.8, 4) is 0 Å². The van der Waals surface area contributed by atoms with Crippen LogP contribution in [0.25, 0.3) is 0 Å². The molecule has 0 aliphatic carbocycles. The zero-order chi connectivity index (χ0) is 13.1. The minimum absolute atomic E-state index is 0.296. The van der Waals surface area contributed by atoms with Crippen LogP contribution in [0.2, 0.25) is 0 Å². The van der Waals surface area contributed by atoms with Crippen molar-refractivity contribution in [1.29, 1.82) is 0 Å². The van der Waals surface area contributed by atoms with E-state index in [0.717, 1.165) is 6.54 Å². The number of hydrogen-bond acceptors (Lipinski definition) is 2. The van der Waals surface area contributed by atoms with E-state index < -0.39 is 0 Å². The molecule has 0 aliphatic heterocycles. The predicted molar refractivity (Wildman–Crippen MR) is 74.7 cm³/mol. The number of benzene rings is 1. The Hall–Kier alpha value is -1.61. The zero-order valence-electron chi connectivity index (χ0n) is 11.6. The van der Waals surface area contributed by atoms with Crippen LogP contribution in [0, 0.1) is 20.8 Å². The molecule has 96 valence electrons. The molecule has 1 heterocycles. The van der Waals surface area contributed by atoms with Crippen LogP contribution in [0.4, 0.5) is 0 Å². The van der Waals surface area contributed by atoms with Crippen molar-refractivity contribution in [1.82, 2.24) is 15.1 Å². The lowest BCUT2D eigenvalue weighted by molar-refractivity contribution is 0.466. The fourth-order valence-electron chi connectivity index (χ4n) is 2.32. The van der Waals surface area contributed by atoms with Gasteiger partial charge < -0.3 is 5.32 Å². The van der Waals surface area contributed by atoms with E-state index in [2.05, 4.69) is 55.6 Å². The van der Waals surface area contributed by atoms with Gasteiger partial charge in [-0.3, -0.25) is 4.68 Å². The van der Waals surface area contributed by atoms with Crippen molar-refractivity contribution in [2.24, 2.45) is 0 Å². The summed E-state index contributed by atoms with van der Waals surface area (Å²) in [6.45, 7) is 7.21. The summed E-state index contributed by atoms with van der Waals surface area (Å²) in [7, 11) is 2.00. The first kappa shape index (κ1) is 12.8. The van der Waals surface area contributed by atoms with Crippen LogP contribution >= 0.6 is 0 Å². The summed E-state index contributed by atoms with van der Waals surface area (Å²) in [4.78, 5) is 0. The quantitative estimate of drug-likeness (QED) is 0.895. The fourth-order valence-corrected chi connectivity index (χ4v) is 2.32. The molecule has 18 heavy (non-hydrogen) atoms. The molecule has 1 atom stereocenters. The molecule has 1 aromatic heterocycles. The Morgan fingerprint density at radius 3 is 2.56 bits per heavy atom. The molecule has 1 N–H and O–H groups in total. The Labute approximate surface area is 109 Å². The van der Waals surface area contributed by atoms with Crippen LogP contribution < -0.4 is 5.32 Å². The molecule has 0 amide bonds. The first-order valence-corrected chi connectivity index (χ1v) is 6.33. The highest BCUT2D eigenvalue weighted by Gasteiger charge is 2.12. The fraction of sp³-hybridized carbons (Fsp3) is 0.400. The summed E-state index contributed by atoms with van der Waals surface area (Å²) in [6.07, 6.45) is 3.97. The van der Waals surface area contributed by atoms with Crippen LogP contribution in [-0.2, 0) is 6.54 Å². The molecule has 0 fully saturated rings. The topological polar surface area (TPSA) is 29.9 Å². The maximum atomic E-state index is 4.35. The predicted octanol–water partition coefficient (Wildman–Crippen LogP) is 2.77. The Balaban J connectivity index is 2.22. The summed E-state index contributed by atoms with van der Waals surface area (Å²) in [6, 6.07) is 6.90. The lowest BCUT2D eigenvalue weighted by atomic mass is 9.99. The van der Waals surface area contributed by atoms with Crippen molar-refractivity contribution >= 4 is 0 Å². The van der Waals surface area contributed by atoms with E-state index in [1.54, 1.807) is 0 Å². The molecule has 3 heteroatoms. The normalized spacial score (nSPS) is 12.7. The molecular formula is C15H21N3. The third-order valence-electron chi connectivity index (χ3n) is 3.28. The van der Waals surface area contributed by atoms with Crippen molar-refractivity contribution in [3.05, 3.63) is 52.8 Å². The first-order valence-electron chi connectivity index (χ1n) is 6.33. The lowest BCUT2D eigenvalue weighted by Crippen LogP contribution is -2.23. The van der Waals surface area contributed by atoms with Gasteiger partial charge in [0.1, 0.15) is 0 Å². The largest absolute Gasteiger partial charge is 0.311 e. The number of aryl methyl sites for hydroxylation is 3. The van der Waals surface area contributed by atoms with Crippen molar-refractivity contribution < 1.29 is 0 Å². The third-order valence-corrected chi connectivity index (χ3v) is 3.28. The average Bonchev–Trinajstić information content (AvgIpc) is 2.72. The van der Waals surface area contributed by atoms with E-state index in [0.29, 0.717) is 6.04 Å². The standard InChI is InChI=1S/C15H21N3/c1-11-5-6-14(13(3)7-11)15(16-4)10-18-9-12(2)8-17-18/h5-9,15-16H,10H2,1-4H3. The smallest absolute Gasteiger partial charge is 0.0604 e. The monoisotopic (exact) mass is 243 g/mol. The van der Waals surface area contributed by atoms with Gasteiger partial charge in [0.15, 0.2) is 0 Å². The number of aromatic nitrogens is 2. The van der Waals surface area contributed by atoms with E-state index >= 15 is 0 Å². The third kappa shape index (κ3) is 2.79. The van der Waals surface area contributed by atoms with E-state index in [9.17, 15) is 0 Å². The van der Waals surface area contributed by atoms with E-state index in [1.165, 1.54) is 22.3 Å². The molecular weight excluding hydrogens is 222 g/mol. The molecule has 1 unspecified atom stereocenters. The number of nitrogens with one attached hydrogen (secondary N) is 1. The number of nitrogens with zero attached hydrogens (tertiary/aromatic N) is 2. The summed E-state index contributed by atoms with van der Waals surface area (Å²) in [5.41, 5.74) is 5.18. The van der Waals surface area contributed by atoms with Crippen LogP contribution in [0.3, 0.4) is 0 Å². The van der Waals surface area contributed by atoms with Gasteiger partial charge in [0, 0.05) is 6.20 Å². The molecule has 0 radical (unpaired) electrons. The molecule has 2 rings (SSSR count). The van der Waals surface area contributed by atoms with Crippen LogP contribution in [0.1, 0.15) is 28.3 Å². The van der Waals surface area contributed by atoms with Gasteiger partial charge >= 0.3 is 0 Å². The minimum Gasteiger partial charge on any atom is -0.311 e. The van der Waals surface area contributed by atoms with Gasteiger partial charge in [-0.15, -0.1) is 0 Å². The van der Waals surface area contributed by atoms with Gasteiger partial charge in [-0.2, -0.15) is 5.10 Å². The van der Waals surface area contributed by atoms with Gasteiger partial charge in [0.05, 0.1) is 18.8 Å². The summed E-state index contributed by atoms with van der Waals surface area (Å²) in [5, 5.41) is 7.73. The van der Waals surface area contributed by atoms with Gasteiger partial charge in [-0.25, -0.2) is 0 Å². The second-order valence-electron chi connectivity index (χ2n) is 4.94. The number of rotatable bonds is 4. The van der Waals surface area contributed by atoms with Gasteiger partial charge in [-0.05, 0) is 44.5 Å². The van der Waals surface area contributed by atoms with Crippen molar-refractivity contribution in [3.63, 3.8) is 0 Å². The van der Waals surface area contributed by atoms with Crippen LogP contribution in [0.5, 0.6) is 0 Å². The Morgan fingerprint density at radius 1 is 1.22 bits per heavy atom. The minimum atomic E-state index is 0.296. The van der Waals surface area contributed by atoms with Gasteiger partial charge in [-0.1, -0.05) is 23.8 Å². The maximum absolute atomic E-state index is 4.35. The highest BCUT2D eigenvalue weighted by molar-refractivity contribution is 5.32. The van der Waals surface area contributed by atoms with E-state index in [4.69, 9.17) is 0 Å². The molecule has 2 aromatic rings. The Morgan fingerprint density at radius 2 is 2.00 bits per heavy atom. The summed E-state index contributed by atoms with van der Waals surface area (Å²) < 4.78 is 2.00. The number of likely N-dealkylation sites (N-methyl/N-ethyl adjacent to an activating group) is 1.